The smallest absolute Gasteiger partial charge is 0.257 e. The van der Waals surface area contributed by atoms with E-state index >= 15 is 0 Å². The molecule has 23 heavy (non-hydrogen) atoms. The van der Waals surface area contributed by atoms with Crippen LogP contribution in [-0.4, -0.2) is 54.4 Å². The Kier molecular flexibility index (Phi) is 5.30. The van der Waals surface area contributed by atoms with Crippen LogP contribution >= 0.6 is 0 Å². The summed E-state index contributed by atoms with van der Waals surface area (Å²) in [5, 5.41) is -0.246. The molecule has 0 saturated carbocycles. The van der Waals surface area contributed by atoms with Crippen molar-refractivity contribution in [1.82, 2.24) is 14.9 Å². The molecule has 1 aromatic heterocycles. The third-order valence-corrected chi connectivity index (χ3v) is 4.52. The molecule has 0 fully saturated rings. The van der Waals surface area contributed by atoms with E-state index in [2.05, 4.69) is 9.97 Å². The number of rotatable bonds is 7. The van der Waals surface area contributed by atoms with Crippen LogP contribution in [0, 0.1) is 0 Å². The number of nitrogens with two attached hydrogens (primary N) is 1. The SMILES string of the molecule is CS(=O)(=O)c1ncc2c(n1)CCN(CCCCCC(N)=O)C2=O. The first-order chi connectivity index (χ1) is 10.8. The summed E-state index contributed by atoms with van der Waals surface area (Å²) in [6.07, 6.45) is 5.53. The molecule has 1 aliphatic rings. The standard InChI is InChI=1S/C14H20N4O4S/c1-23(21,22)14-16-9-10-11(17-14)6-8-18(13(10)20)7-4-2-3-5-12(15)19/h9H,2-8H2,1H3,(H2,15,19). The van der Waals surface area contributed by atoms with Crippen molar-refractivity contribution < 1.29 is 18.0 Å². The Morgan fingerprint density at radius 1 is 1.35 bits per heavy atom. The highest BCUT2D eigenvalue weighted by molar-refractivity contribution is 7.90. The second kappa shape index (κ2) is 7.03. The summed E-state index contributed by atoms with van der Waals surface area (Å²) in [6.45, 7) is 1.09. The van der Waals surface area contributed by atoms with Gasteiger partial charge in [-0.3, -0.25) is 9.59 Å². The largest absolute Gasteiger partial charge is 0.370 e. The minimum atomic E-state index is -3.48. The molecule has 0 bridgehead atoms. The molecule has 0 aliphatic carbocycles. The molecule has 1 aromatic rings. The van der Waals surface area contributed by atoms with Crippen molar-refractivity contribution >= 4 is 21.7 Å². The number of hydrogen-bond acceptors (Lipinski definition) is 6. The van der Waals surface area contributed by atoms with Crippen LogP contribution < -0.4 is 5.73 Å². The quantitative estimate of drug-likeness (QED) is 0.547. The van der Waals surface area contributed by atoms with Crippen molar-refractivity contribution in [1.29, 1.82) is 0 Å². The minimum absolute atomic E-state index is 0.179. The predicted octanol–water partition coefficient (Wildman–Crippen LogP) is -0.0759. The lowest BCUT2D eigenvalue weighted by atomic mass is 10.1. The van der Waals surface area contributed by atoms with Crippen LogP contribution in [0.3, 0.4) is 0 Å². The average Bonchev–Trinajstić information content (AvgIpc) is 2.47. The van der Waals surface area contributed by atoms with Gasteiger partial charge >= 0.3 is 0 Å². The van der Waals surface area contributed by atoms with E-state index in [4.69, 9.17) is 5.73 Å². The molecule has 1 aliphatic heterocycles. The van der Waals surface area contributed by atoms with Gasteiger partial charge in [0.25, 0.3) is 5.91 Å². The van der Waals surface area contributed by atoms with Crippen LogP contribution in [0.5, 0.6) is 0 Å². The molecule has 0 aromatic carbocycles. The van der Waals surface area contributed by atoms with Crippen LogP contribution in [0.4, 0.5) is 0 Å². The summed E-state index contributed by atoms with van der Waals surface area (Å²) >= 11 is 0. The van der Waals surface area contributed by atoms with Crippen molar-refractivity contribution in [2.24, 2.45) is 5.73 Å². The van der Waals surface area contributed by atoms with Crippen molar-refractivity contribution in [3.8, 4) is 0 Å². The van der Waals surface area contributed by atoms with Gasteiger partial charge in [-0.05, 0) is 12.8 Å². The molecule has 126 valence electrons. The fourth-order valence-corrected chi connectivity index (χ4v) is 2.97. The molecule has 0 unspecified atom stereocenters. The maximum Gasteiger partial charge on any atom is 0.257 e. The van der Waals surface area contributed by atoms with Gasteiger partial charge in [0, 0.05) is 38.4 Å². The zero-order valence-electron chi connectivity index (χ0n) is 13.0. The molecule has 0 atom stereocenters. The third-order valence-electron chi connectivity index (χ3n) is 3.66. The summed E-state index contributed by atoms with van der Waals surface area (Å²) in [7, 11) is -3.48. The van der Waals surface area contributed by atoms with Crippen molar-refractivity contribution in [3.05, 3.63) is 17.5 Å². The zero-order chi connectivity index (χ0) is 17.0. The highest BCUT2D eigenvalue weighted by Crippen LogP contribution is 2.18. The second-order valence-electron chi connectivity index (χ2n) is 5.60. The van der Waals surface area contributed by atoms with E-state index in [0.29, 0.717) is 37.2 Å². The Labute approximate surface area is 135 Å². The second-order valence-corrected chi connectivity index (χ2v) is 7.51. The number of carbonyl (C=O) groups excluding carboxylic acids is 2. The summed E-state index contributed by atoms with van der Waals surface area (Å²) in [4.78, 5) is 32.5. The molecule has 0 radical (unpaired) electrons. The van der Waals surface area contributed by atoms with E-state index < -0.39 is 9.84 Å². The van der Waals surface area contributed by atoms with E-state index in [0.717, 1.165) is 25.5 Å². The lowest BCUT2D eigenvalue weighted by molar-refractivity contribution is -0.118. The van der Waals surface area contributed by atoms with Crippen LogP contribution in [-0.2, 0) is 21.1 Å². The van der Waals surface area contributed by atoms with E-state index in [1.807, 2.05) is 0 Å². The normalized spacial score (nSPS) is 14.7. The lowest BCUT2D eigenvalue weighted by Gasteiger charge is -2.27. The zero-order valence-corrected chi connectivity index (χ0v) is 13.8. The Hall–Kier alpha value is -2.03. The third kappa shape index (κ3) is 4.47. The number of unbranched alkanes of at least 4 members (excludes halogenated alkanes) is 2. The molecule has 2 amide bonds. The number of sulfone groups is 1. The van der Waals surface area contributed by atoms with Gasteiger partial charge in [0.05, 0.1) is 11.3 Å². The van der Waals surface area contributed by atoms with E-state index in [9.17, 15) is 18.0 Å². The van der Waals surface area contributed by atoms with Crippen molar-refractivity contribution in [3.63, 3.8) is 0 Å². The first kappa shape index (κ1) is 17.3. The van der Waals surface area contributed by atoms with Gasteiger partial charge in [-0.2, -0.15) is 0 Å². The van der Waals surface area contributed by atoms with Crippen LogP contribution in [0.15, 0.2) is 11.4 Å². The minimum Gasteiger partial charge on any atom is -0.370 e. The average molecular weight is 340 g/mol. The molecule has 2 N–H and O–H groups in total. The molecule has 9 heteroatoms. The molecular formula is C14H20N4O4S. The maximum absolute atomic E-state index is 12.4. The number of amides is 2. The van der Waals surface area contributed by atoms with E-state index in [-0.39, 0.29) is 17.0 Å². The van der Waals surface area contributed by atoms with Gasteiger partial charge < -0.3 is 10.6 Å². The molecule has 8 nitrogen and oxygen atoms in total. The van der Waals surface area contributed by atoms with Crippen LogP contribution in [0.2, 0.25) is 0 Å². The monoisotopic (exact) mass is 340 g/mol. The number of nitrogens with zero attached hydrogens (tertiary/aromatic N) is 3. The fourth-order valence-electron chi connectivity index (χ4n) is 2.45. The molecular weight excluding hydrogens is 320 g/mol. The first-order valence-electron chi connectivity index (χ1n) is 7.42. The summed E-state index contributed by atoms with van der Waals surface area (Å²) in [5.74, 6) is -0.493. The van der Waals surface area contributed by atoms with E-state index in [1.165, 1.54) is 6.20 Å². The molecule has 0 spiro atoms. The van der Waals surface area contributed by atoms with Crippen LogP contribution in [0.1, 0.15) is 41.7 Å². The Balaban J connectivity index is 1.97. The highest BCUT2D eigenvalue weighted by atomic mass is 32.2. The first-order valence-corrected chi connectivity index (χ1v) is 9.31. The van der Waals surface area contributed by atoms with Gasteiger partial charge in [-0.1, -0.05) is 6.42 Å². The number of fused-ring (bicyclic) bond motifs is 1. The number of primary amides is 1. The van der Waals surface area contributed by atoms with Gasteiger partial charge in [-0.15, -0.1) is 0 Å². The van der Waals surface area contributed by atoms with Gasteiger partial charge in [0.15, 0.2) is 0 Å². The lowest BCUT2D eigenvalue weighted by Crippen LogP contribution is -2.39. The predicted molar refractivity (Wildman–Crippen MR) is 82.4 cm³/mol. The Bertz CT molecular complexity index is 717. The van der Waals surface area contributed by atoms with Gasteiger partial charge in [0.2, 0.25) is 20.9 Å². The topological polar surface area (TPSA) is 123 Å². The number of hydrogen-bond donors (Lipinski definition) is 1. The summed E-state index contributed by atoms with van der Waals surface area (Å²) in [6, 6.07) is 0. The summed E-state index contributed by atoms with van der Waals surface area (Å²) in [5.41, 5.74) is 5.92. The number of aromatic nitrogens is 2. The number of carbonyl (C=O) groups is 2. The highest BCUT2D eigenvalue weighted by Gasteiger charge is 2.27. The van der Waals surface area contributed by atoms with Crippen LogP contribution in [0.25, 0.3) is 0 Å². The van der Waals surface area contributed by atoms with Crippen molar-refractivity contribution in [2.45, 2.75) is 37.3 Å². The molecule has 2 rings (SSSR count). The van der Waals surface area contributed by atoms with Gasteiger partial charge in [0.1, 0.15) is 0 Å². The fraction of sp³-hybridized carbons (Fsp3) is 0.571. The van der Waals surface area contributed by atoms with Crippen molar-refractivity contribution in [2.75, 3.05) is 19.3 Å². The Morgan fingerprint density at radius 2 is 2.09 bits per heavy atom. The maximum atomic E-state index is 12.4. The van der Waals surface area contributed by atoms with E-state index in [1.54, 1.807) is 4.90 Å². The summed E-state index contributed by atoms with van der Waals surface area (Å²) < 4.78 is 22.9. The Morgan fingerprint density at radius 3 is 2.74 bits per heavy atom. The van der Waals surface area contributed by atoms with Gasteiger partial charge in [-0.25, -0.2) is 18.4 Å². The molecule has 0 saturated heterocycles. The molecule has 2 heterocycles.